The fraction of sp³-hybridized carbons (Fsp3) is 0.406. The molecule has 5 rings (SSSR count). The third-order valence-electron chi connectivity index (χ3n) is 7.83. The summed E-state index contributed by atoms with van der Waals surface area (Å²) in [5.74, 6) is 0.383. The van der Waals surface area contributed by atoms with Crippen molar-refractivity contribution >= 4 is 11.7 Å². The number of ketones is 1. The molecule has 0 unspecified atom stereocenters. The van der Waals surface area contributed by atoms with Gasteiger partial charge in [0.2, 0.25) is 5.91 Å². The van der Waals surface area contributed by atoms with E-state index in [1.54, 1.807) is 50.2 Å². The number of methoxy groups -OCH3 is 1. The smallest absolute Gasteiger partial charge is 0.234 e. The molecule has 1 amide bonds. The summed E-state index contributed by atoms with van der Waals surface area (Å²) in [4.78, 5) is 31.2. The molecule has 0 spiro atoms. The van der Waals surface area contributed by atoms with Crippen LogP contribution in [0.25, 0.3) is 11.3 Å². The number of hydrogen-bond acceptors (Lipinski definition) is 8. The van der Waals surface area contributed by atoms with Gasteiger partial charge in [0.05, 0.1) is 19.4 Å². The highest BCUT2D eigenvalue weighted by Crippen LogP contribution is 2.46. The Balaban J connectivity index is 1.44. The van der Waals surface area contributed by atoms with E-state index < -0.39 is 16.8 Å². The van der Waals surface area contributed by atoms with Gasteiger partial charge < -0.3 is 29.7 Å². The maximum Gasteiger partial charge on any atom is 0.234 e. The lowest BCUT2D eigenvalue weighted by molar-refractivity contribution is -0.126. The molecule has 0 bridgehead atoms. The first-order chi connectivity index (χ1) is 20.1. The van der Waals surface area contributed by atoms with Crippen molar-refractivity contribution in [1.82, 2.24) is 10.3 Å². The molecule has 2 heterocycles. The molecule has 0 saturated heterocycles. The lowest BCUT2D eigenvalue weighted by Crippen LogP contribution is -2.44. The second-order valence-corrected chi connectivity index (χ2v) is 11.2. The van der Waals surface area contributed by atoms with Crippen molar-refractivity contribution in [3.8, 4) is 28.5 Å². The second-order valence-electron chi connectivity index (χ2n) is 11.2. The quantitative estimate of drug-likeness (QED) is 0.275. The normalized spacial score (nSPS) is 18.9. The van der Waals surface area contributed by atoms with E-state index in [1.807, 2.05) is 0 Å². The fourth-order valence-electron chi connectivity index (χ4n) is 4.97. The van der Waals surface area contributed by atoms with Gasteiger partial charge >= 0.3 is 0 Å². The van der Waals surface area contributed by atoms with E-state index in [-0.39, 0.29) is 56.1 Å². The highest BCUT2D eigenvalue weighted by Gasteiger charge is 2.47. The number of benzene rings is 2. The lowest BCUT2D eigenvalue weighted by Gasteiger charge is -2.26. The van der Waals surface area contributed by atoms with Crippen LogP contribution in [-0.4, -0.2) is 59.9 Å². The number of halogens is 1. The summed E-state index contributed by atoms with van der Waals surface area (Å²) in [5.41, 5.74) is -0.374. The van der Waals surface area contributed by atoms with Crippen molar-refractivity contribution in [3.63, 3.8) is 0 Å². The molecular weight excluding hydrogens is 543 g/mol. The summed E-state index contributed by atoms with van der Waals surface area (Å²) >= 11 is 0. The van der Waals surface area contributed by atoms with Gasteiger partial charge in [0.1, 0.15) is 41.5 Å². The van der Waals surface area contributed by atoms with Crippen LogP contribution in [0, 0.1) is 5.82 Å². The van der Waals surface area contributed by atoms with Gasteiger partial charge in [-0.15, -0.1) is 0 Å². The van der Waals surface area contributed by atoms with Crippen molar-refractivity contribution in [1.29, 1.82) is 0 Å². The van der Waals surface area contributed by atoms with Crippen molar-refractivity contribution in [3.05, 3.63) is 71.2 Å². The zero-order valence-electron chi connectivity index (χ0n) is 23.9. The average molecular weight is 579 g/mol. The van der Waals surface area contributed by atoms with E-state index in [9.17, 15) is 19.1 Å². The Bertz CT molecular complexity index is 1490. The summed E-state index contributed by atoms with van der Waals surface area (Å²) in [7, 11) is 1.46. The Kier molecular flexibility index (Phi) is 8.21. The number of fused-ring (bicyclic) bond motifs is 1. The predicted molar refractivity (Wildman–Crippen MR) is 152 cm³/mol. The van der Waals surface area contributed by atoms with Gasteiger partial charge in [-0.2, -0.15) is 0 Å². The van der Waals surface area contributed by atoms with Gasteiger partial charge in [-0.3, -0.25) is 9.59 Å². The van der Waals surface area contributed by atoms with Crippen LogP contribution in [0.2, 0.25) is 0 Å². The Morgan fingerprint density at radius 3 is 2.57 bits per heavy atom. The number of nitrogens with zero attached hydrogens (tertiary/aromatic N) is 1. The van der Waals surface area contributed by atoms with Gasteiger partial charge in [0.15, 0.2) is 17.3 Å². The van der Waals surface area contributed by atoms with Crippen LogP contribution in [0.15, 0.2) is 48.5 Å². The van der Waals surface area contributed by atoms with E-state index in [0.29, 0.717) is 39.6 Å². The van der Waals surface area contributed by atoms with Gasteiger partial charge in [0, 0.05) is 29.2 Å². The largest absolute Gasteiger partial charge is 0.493 e. The number of aromatic nitrogens is 1. The van der Waals surface area contributed by atoms with Gasteiger partial charge in [0.25, 0.3) is 0 Å². The van der Waals surface area contributed by atoms with E-state index in [4.69, 9.17) is 24.3 Å². The van der Waals surface area contributed by atoms with Crippen LogP contribution in [-0.2, 0) is 15.8 Å². The Morgan fingerprint density at radius 1 is 1.17 bits per heavy atom. The Labute approximate surface area is 243 Å². The van der Waals surface area contributed by atoms with Crippen LogP contribution in [0.5, 0.6) is 17.2 Å². The number of ether oxygens (including phenoxy) is 3. The van der Waals surface area contributed by atoms with Crippen LogP contribution in [0.1, 0.15) is 61.1 Å². The molecule has 3 aromatic rings. The third kappa shape index (κ3) is 5.96. The summed E-state index contributed by atoms with van der Waals surface area (Å²) in [6.45, 7) is 3.41. The minimum Gasteiger partial charge on any atom is -0.493 e. The molecule has 1 aliphatic carbocycles. The molecular formula is C32H35FN2O7. The second kappa shape index (κ2) is 11.7. The van der Waals surface area contributed by atoms with E-state index >= 15 is 0 Å². The van der Waals surface area contributed by atoms with Crippen molar-refractivity contribution in [2.45, 2.75) is 56.6 Å². The molecule has 222 valence electrons. The van der Waals surface area contributed by atoms with Crippen molar-refractivity contribution in [2.24, 2.45) is 0 Å². The Morgan fingerprint density at radius 2 is 1.90 bits per heavy atom. The van der Waals surface area contributed by atoms with Crippen LogP contribution >= 0.6 is 0 Å². The lowest BCUT2D eigenvalue weighted by atomic mass is 9.81. The Hall–Kier alpha value is -4.02. The molecule has 9 nitrogen and oxygen atoms in total. The monoisotopic (exact) mass is 578 g/mol. The number of carbonyl (C=O) groups is 2. The molecule has 3 N–H and O–H groups in total. The molecule has 0 radical (unpaired) electrons. The third-order valence-corrected chi connectivity index (χ3v) is 7.83. The van der Waals surface area contributed by atoms with Gasteiger partial charge in [-0.05, 0) is 81.6 Å². The van der Waals surface area contributed by atoms with Crippen molar-refractivity contribution < 1.29 is 38.4 Å². The molecule has 2 atom stereocenters. The zero-order chi connectivity index (χ0) is 30.1. The van der Waals surface area contributed by atoms with E-state index in [2.05, 4.69) is 5.32 Å². The van der Waals surface area contributed by atoms with Gasteiger partial charge in [-0.25, -0.2) is 9.37 Å². The van der Waals surface area contributed by atoms with E-state index in [0.717, 1.165) is 12.8 Å². The number of rotatable bonds is 12. The molecule has 1 aliphatic heterocycles. The SMILES string of the molecule is COc1cc(C(=O)CC[C@](C)(O)c2cc3c(c(-c4ccc(F)cc4)n2)OC[C@]3(C)C(=O)NC2CC2)ccc1OCCO. The predicted octanol–water partition coefficient (Wildman–Crippen LogP) is 4.07. The molecule has 2 aliphatic rings. The molecule has 1 aromatic heterocycles. The van der Waals surface area contributed by atoms with Gasteiger partial charge in [-0.1, -0.05) is 0 Å². The van der Waals surface area contributed by atoms with E-state index in [1.165, 1.54) is 19.2 Å². The number of Topliss-reactive ketones (excluding diaryl/α,β-unsaturated/α-hetero) is 1. The first kappa shape index (κ1) is 29.5. The summed E-state index contributed by atoms with van der Waals surface area (Å²) in [5, 5.41) is 23.7. The first-order valence-corrected chi connectivity index (χ1v) is 14.0. The van der Waals surface area contributed by atoms with Crippen molar-refractivity contribution in [2.75, 3.05) is 26.9 Å². The minimum atomic E-state index is -1.55. The number of nitrogens with one attached hydrogen (secondary N) is 1. The molecule has 2 aromatic carbocycles. The maximum atomic E-state index is 13.7. The topological polar surface area (TPSA) is 127 Å². The molecule has 1 fully saturated rings. The first-order valence-electron chi connectivity index (χ1n) is 14.0. The fourth-order valence-corrected chi connectivity index (χ4v) is 4.97. The number of aliphatic hydroxyl groups excluding tert-OH is 1. The average Bonchev–Trinajstić information content (AvgIpc) is 3.74. The molecule has 1 saturated carbocycles. The van der Waals surface area contributed by atoms with Crippen LogP contribution in [0.3, 0.4) is 0 Å². The minimum absolute atomic E-state index is 0.00637. The molecule has 42 heavy (non-hydrogen) atoms. The number of carbonyl (C=O) groups excluding carboxylic acids is 2. The number of aliphatic hydroxyl groups is 2. The standard InChI is InChI=1S/C32H35FN2O7/c1-31(30(38)34-22-9-10-22)18-42-29-23(31)17-27(35-28(29)19-4-7-21(33)8-5-19)32(2,39)13-12-24(37)20-6-11-25(41-15-14-36)26(16-20)40-3/h4-8,11,16-17,22,36,39H,9-10,12-15,18H2,1-3H3,(H,34,38)/t31-,32-/m0/s1. The van der Waals surface area contributed by atoms with Crippen LogP contribution < -0.4 is 19.5 Å². The number of hydrogen-bond donors (Lipinski definition) is 3. The summed E-state index contributed by atoms with van der Waals surface area (Å²) in [6, 6.07) is 12.4. The zero-order valence-corrected chi connectivity index (χ0v) is 23.9. The summed E-state index contributed by atoms with van der Waals surface area (Å²) < 4.78 is 30.6. The summed E-state index contributed by atoms with van der Waals surface area (Å²) in [6.07, 6.45) is 1.90. The highest BCUT2D eigenvalue weighted by atomic mass is 19.1. The molecule has 10 heteroatoms. The maximum absolute atomic E-state index is 13.7. The van der Waals surface area contributed by atoms with Crippen LogP contribution in [0.4, 0.5) is 4.39 Å². The highest BCUT2D eigenvalue weighted by molar-refractivity contribution is 5.96. The number of pyridine rings is 1. The number of amides is 1.